The van der Waals surface area contributed by atoms with Crippen molar-refractivity contribution >= 4 is 33.6 Å². The van der Waals surface area contributed by atoms with E-state index in [1.54, 1.807) is 18.0 Å². The minimum atomic E-state index is 0.662. The van der Waals surface area contributed by atoms with Gasteiger partial charge in [-0.2, -0.15) is 0 Å². The van der Waals surface area contributed by atoms with E-state index in [9.17, 15) is 0 Å². The molecule has 0 aliphatic carbocycles. The van der Waals surface area contributed by atoms with E-state index in [-0.39, 0.29) is 0 Å². The number of aromatic nitrogens is 2. The monoisotopic (exact) mass is 309 g/mol. The van der Waals surface area contributed by atoms with E-state index in [0.29, 0.717) is 5.95 Å². The molecule has 5 heteroatoms. The third-order valence-corrected chi connectivity index (χ3v) is 4.21. The topological polar surface area (TPSA) is 37.8 Å². The van der Waals surface area contributed by atoms with Crippen LogP contribution in [0.1, 0.15) is 5.69 Å². The second-order valence-corrected chi connectivity index (χ2v) is 5.21. The van der Waals surface area contributed by atoms with Gasteiger partial charge >= 0.3 is 0 Å². The third kappa shape index (κ3) is 3.44. The van der Waals surface area contributed by atoms with Crippen molar-refractivity contribution in [1.82, 2.24) is 9.97 Å². The molecule has 3 nitrogen and oxygen atoms in total. The summed E-state index contributed by atoms with van der Waals surface area (Å²) < 4.78 is 1.12. The maximum atomic E-state index is 4.38. The highest BCUT2D eigenvalue weighted by Crippen LogP contribution is 2.29. The number of nitrogens with zero attached hydrogens (tertiary/aromatic N) is 2. The van der Waals surface area contributed by atoms with Crippen LogP contribution in [0.15, 0.2) is 45.9 Å². The summed E-state index contributed by atoms with van der Waals surface area (Å²) in [6.45, 7) is 0. The average Bonchev–Trinajstić information content (AvgIpc) is 2.38. The fraction of sp³-hybridized carbons (Fsp3) is 0.167. The van der Waals surface area contributed by atoms with Gasteiger partial charge in [-0.05, 0) is 34.1 Å². The first kappa shape index (κ1) is 12.4. The summed E-state index contributed by atoms with van der Waals surface area (Å²) in [6, 6.07) is 10.1. The van der Waals surface area contributed by atoms with Gasteiger partial charge in [-0.3, -0.25) is 0 Å². The summed E-state index contributed by atoms with van der Waals surface area (Å²) in [5, 5.41) is 2.94. The molecule has 1 aromatic heterocycles. The Morgan fingerprint density at radius 1 is 1.29 bits per heavy atom. The van der Waals surface area contributed by atoms with Gasteiger partial charge in [0, 0.05) is 28.4 Å². The molecule has 0 aliphatic rings. The fourth-order valence-corrected chi connectivity index (χ4v) is 2.78. The molecule has 2 rings (SSSR count). The molecule has 2 aromatic rings. The molecule has 17 heavy (non-hydrogen) atoms. The van der Waals surface area contributed by atoms with Gasteiger partial charge in [0.15, 0.2) is 0 Å². The molecule has 0 atom stereocenters. The zero-order chi connectivity index (χ0) is 12.1. The van der Waals surface area contributed by atoms with E-state index in [0.717, 1.165) is 15.9 Å². The maximum absolute atomic E-state index is 4.38. The average molecular weight is 310 g/mol. The summed E-state index contributed by atoms with van der Waals surface area (Å²) in [6.07, 6.45) is 1.77. The van der Waals surface area contributed by atoms with Crippen LogP contribution in [-0.2, 0) is 5.75 Å². The van der Waals surface area contributed by atoms with E-state index in [4.69, 9.17) is 0 Å². The van der Waals surface area contributed by atoms with Crippen molar-refractivity contribution in [2.75, 3.05) is 12.4 Å². The normalized spacial score (nSPS) is 10.2. The van der Waals surface area contributed by atoms with Crippen molar-refractivity contribution in [2.24, 2.45) is 0 Å². The van der Waals surface area contributed by atoms with Crippen molar-refractivity contribution in [1.29, 1.82) is 0 Å². The smallest absolute Gasteiger partial charge is 0.222 e. The molecule has 0 radical (unpaired) electrons. The van der Waals surface area contributed by atoms with E-state index in [1.807, 2.05) is 31.3 Å². The lowest BCUT2D eigenvalue weighted by molar-refractivity contribution is 1.08. The molecule has 0 fully saturated rings. The van der Waals surface area contributed by atoms with Crippen LogP contribution in [-0.4, -0.2) is 17.0 Å². The van der Waals surface area contributed by atoms with Crippen LogP contribution in [0.3, 0.4) is 0 Å². The predicted octanol–water partition coefficient (Wildman–Crippen LogP) is 3.57. The molecule has 0 saturated carbocycles. The summed E-state index contributed by atoms with van der Waals surface area (Å²) >= 11 is 5.29. The number of nitrogens with one attached hydrogen (secondary N) is 1. The van der Waals surface area contributed by atoms with Crippen LogP contribution in [0.25, 0.3) is 0 Å². The van der Waals surface area contributed by atoms with Crippen molar-refractivity contribution in [3.8, 4) is 0 Å². The quantitative estimate of drug-likeness (QED) is 0.876. The predicted molar refractivity (Wildman–Crippen MR) is 75.3 cm³/mol. The van der Waals surface area contributed by atoms with Crippen LogP contribution in [0.4, 0.5) is 5.95 Å². The summed E-state index contributed by atoms with van der Waals surface area (Å²) in [7, 11) is 1.82. The first-order chi connectivity index (χ1) is 8.29. The van der Waals surface area contributed by atoms with Crippen LogP contribution < -0.4 is 5.32 Å². The molecule has 0 bridgehead atoms. The van der Waals surface area contributed by atoms with E-state index in [1.165, 1.54) is 4.90 Å². The lowest BCUT2D eigenvalue weighted by Crippen LogP contribution is -1.98. The Bertz CT molecular complexity index is 505. The molecule has 0 saturated heterocycles. The number of halogens is 1. The lowest BCUT2D eigenvalue weighted by atomic mass is 10.4. The first-order valence-corrected chi connectivity index (χ1v) is 6.94. The highest BCUT2D eigenvalue weighted by Gasteiger charge is 2.02. The molecule has 0 amide bonds. The fourth-order valence-electron chi connectivity index (χ4n) is 1.31. The van der Waals surface area contributed by atoms with Crippen molar-refractivity contribution in [3.63, 3.8) is 0 Å². The zero-order valence-corrected chi connectivity index (χ0v) is 11.8. The van der Waals surface area contributed by atoms with Gasteiger partial charge in [0.2, 0.25) is 5.95 Å². The Hall–Kier alpha value is -1.07. The van der Waals surface area contributed by atoms with Crippen LogP contribution in [0, 0.1) is 0 Å². The SMILES string of the molecule is CNc1nccc(CSc2ccccc2Br)n1. The third-order valence-electron chi connectivity index (χ3n) is 2.15. The number of thioether (sulfide) groups is 1. The number of anilines is 1. The Morgan fingerprint density at radius 3 is 2.88 bits per heavy atom. The van der Waals surface area contributed by atoms with Gasteiger partial charge in [0.1, 0.15) is 0 Å². The zero-order valence-electron chi connectivity index (χ0n) is 9.35. The van der Waals surface area contributed by atoms with Crippen molar-refractivity contribution in [3.05, 3.63) is 46.7 Å². The van der Waals surface area contributed by atoms with Gasteiger partial charge in [0.05, 0.1) is 5.69 Å². The van der Waals surface area contributed by atoms with Gasteiger partial charge in [-0.1, -0.05) is 12.1 Å². The molecule has 0 spiro atoms. The van der Waals surface area contributed by atoms with Crippen molar-refractivity contribution in [2.45, 2.75) is 10.6 Å². The first-order valence-electron chi connectivity index (χ1n) is 5.16. The van der Waals surface area contributed by atoms with E-state index in [2.05, 4.69) is 37.3 Å². The highest BCUT2D eigenvalue weighted by molar-refractivity contribution is 9.10. The molecular weight excluding hydrogens is 298 g/mol. The van der Waals surface area contributed by atoms with Gasteiger partial charge < -0.3 is 5.32 Å². The van der Waals surface area contributed by atoms with Crippen molar-refractivity contribution < 1.29 is 0 Å². The maximum Gasteiger partial charge on any atom is 0.222 e. The molecule has 0 aliphatic heterocycles. The molecular formula is C12H12BrN3S. The van der Waals surface area contributed by atoms with Crippen LogP contribution in [0.5, 0.6) is 0 Å². The molecule has 1 heterocycles. The van der Waals surface area contributed by atoms with Crippen LogP contribution in [0.2, 0.25) is 0 Å². The van der Waals surface area contributed by atoms with Gasteiger partial charge in [-0.25, -0.2) is 9.97 Å². The minimum Gasteiger partial charge on any atom is -0.357 e. The minimum absolute atomic E-state index is 0.662. The van der Waals surface area contributed by atoms with Gasteiger partial charge in [0.25, 0.3) is 0 Å². The molecule has 88 valence electrons. The lowest BCUT2D eigenvalue weighted by Gasteiger charge is -2.04. The summed E-state index contributed by atoms with van der Waals surface area (Å²) in [5.74, 6) is 1.50. The molecule has 0 unspecified atom stereocenters. The summed E-state index contributed by atoms with van der Waals surface area (Å²) in [4.78, 5) is 9.69. The number of hydrogen-bond acceptors (Lipinski definition) is 4. The number of hydrogen-bond donors (Lipinski definition) is 1. The molecule has 1 N–H and O–H groups in total. The Labute approximate surface area is 113 Å². The second kappa shape index (κ2) is 6.02. The molecule has 1 aromatic carbocycles. The Morgan fingerprint density at radius 2 is 2.12 bits per heavy atom. The second-order valence-electron chi connectivity index (χ2n) is 3.34. The Kier molecular flexibility index (Phi) is 4.39. The van der Waals surface area contributed by atoms with Crippen LogP contribution >= 0.6 is 27.7 Å². The van der Waals surface area contributed by atoms with Gasteiger partial charge in [-0.15, -0.1) is 11.8 Å². The summed E-state index contributed by atoms with van der Waals surface area (Å²) in [5.41, 5.74) is 1.02. The largest absolute Gasteiger partial charge is 0.357 e. The number of benzene rings is 1. The van der Waals surface area contributed by atoms with E-state index >= 15 is 0 Å². The Balaban J connectivity index is 2.05. The van der Waals surface area contributed by atoms with E-state index < -0.39 is 0 Å². The standard InChI is InChI=1S/C12H12BrN3S/c1-14-12-15-7-6-9(16-12)8-17-11-5-3-2-4-10(11)13/h2-7H,8H2,1H3,(H,14,15,16). The number of rotatable bonds is 4. The highest BCUT2D eigenvalue weighted by atomic mass is 79.9.